The molecule has 0 aliphatic heterocycles. The van der Waals surface area contributed by atoms with Crippen LogP contribution in [-0.4, -0.2) is 12.1 Å². The molecule has 0 bridgehead atoms. The maximum absolute atomic E-state index is 5.97. The van der Waals surface area contributed by atoms with E-state index in [-0.39, 0.29) is 0 Å². The minimum absolute atomic E-state index is 0.693. The first kappa shape index (κ1) is 13.7. The Morgan fingerprint density at radius 2 is 2.10 bits per heavy atom. The van der Waals surface area contributed by atoms with E-state index in [1.807, 2.05) is 36.4 Å². The van der Waals surface area contributed by atoms with Crippen LogP contribution >= 0.6 is 38.9 Å². The number of anilines is 2. The van der Waals surface area contributed by atoms with Crippen molar-refractivity contribution in [3.05, 3.63) is 45.9 Å². The summed E-state index contributed by atoms with van der Waals surface area (Å²) in [6.07, 6.45) is 0. The summed E-state index contributed by atoms with van der Waals surface area (Å²) in [5.74, 6) is 0.783. The van der Waals surface area contributed by atoms with Crippen molar-refractivity contribution in [2.24, 2.45) is 0 Å². The number of nitrogens with zero attached hydrogens (tertiary/aromatic N) is 1. The molecule has 1 aromatic heterocycles. The fourth-order valence-electron chi connectivity index (χ4n) is 1.83. The average molecular weight is 370 g/mol. The fourth-order valence-corrected chi connectivity index (χ4v) is 3.34. The summed E-state index contributed by atoms with van der Waals surface area (Å²) in [7, 11) is 1.64. The van der Waals surface area contributed by atoms with Crippen molar-refractivity contribution in [1.29, 1.82) is 0 Å². The number of fused-ring (bicyclic) bond motifs is 1. The number of aromatic nitrogens is 1. The van der Waals surface area contributed by atoms with Gasteiger partial charge in [0.15, 0.2) is 5.13 Å². The third kappa shape index (κ3) is 2.90. The summed E-state index contributed by atoms with van der Waals surface area (Å²) in [5, 5.41) is 4.80. The molecular weight excluding hydrogens is 360 g/mol. The van der Waals surface area contributed by atoms with Crippen molar-refractivity contribution in [2.75, 3.05) is 12.4 Å². The molecule has 0 aliphatic carbocycles. The lowest BCUT2D eigenvalue weighted by molar-refractivity contribution is 0.415. The highest BCUT2D eigenvalue weighted by Crippen LogP contribution is 2.32. The highest BCUT2D eigenvalue weighted by Gasteiger charge is 2.06. The zero-order valence-corrected chi connectivity index (χ0v) is 13.6. The summed E-state index contributed by atoms with van der Waals surface area (Å²) in [6, 6.07) is 11.5. The van der Waals surface area contributed by atoms with E-state index in [1.165, 1.54) is 0 Å². The molecular formula is C14H10BrClN2OS. The lowest BCUT2D eigenvalue weighted by atomic mass is 10.3. The number of ether oxygens (including phenoxy) is 1. The van der Waals surface area contributed by atoms with Crippen LogP contribution in [0.4, 0.5) is 10.8 Å². The van der Waals surface area contributed by atoms with Crippen LogP contribution in [0.25, 0.3) is 10.2 Å². The van der Waals surface area contributed by atoms with Gasteiger partial charge in [-0.05, 0) is 30.3 Å². The zero-order chi connectivity index (χ0) is 14.1. The topological polar surface area (TPSA) is 34.1 Å². The van der Waals surface area contributed by atoms with Gasteiger partial charge in [0.1, 0.15) is 5.75 Å². The van der Waals surface area contributed by atoms with Crippen molar-refractivity contribution >= 4 is 59.9 Å². The highest BCUT2D eigenvalue weighted by atomic mass is 79.9. The van der Waals surface area contributed by atoms with Crippen LogP contribution in [0.3, 0.4) is 0 Å². The summed E-state index contributed by atoms with van der Waals surface area (Å²) >= 11 is 11.0. The van der Waals surface area contributed by atoms with E-state index in [0.717, 1.165) is 31.3 Å². The number of nitrogens with one attached hydrogen (secondary N) is 1. The van der Waals surface area contributed by atoms with Crippen LogP contribution < -0.4 is 10.1 Å². The largest absolute Gasteiger partial charge is 0.497 e. The molecule has 3 rings (SSSR count). The maximum Gasteiger partial charge on any atom is 0.188 e. The quantitative estimate of drug-likeness (QED) is 0.665. The molecule has 3 nitrogen and oxygen atoms in total. The Labute approximate surface area is 133 Å². The number of hydrogen-bond acceptors (Lipinski definition) is 4. The maximum atomic E-state index is 5.97. The number of benzene rings is 2. The molecule has 0 fully saturated rings. The lowest BCUT2D eigenvalue weighted by Crippen LogP contribution is -1.91. The predicted octanol–water partition coefficient (Wildman–Crippen LogP) is 5.46. The molecule has 0 atom stereocenters. The Bertz CT molecular complexity index is 775. The summed E-state index contributed by atoms with van der Waals surface area (Å²) in [4.78, 5) is 4.52. The minimum atomic E-state index is 0.693. The molecule has 0 amide bonds. The second kappa shape index (κ2) is 5.60. The van der Waals surface area contributed by atoms with Crippen LogP contribution in [-0.2, 0) is 0 Å². The van der Waals surface area contributed by atoms with Gasteiger partial charge in [-0.15, -0.1) is 0 Å². The monoisotopic (exact) mass is 368 g/mol. The molecule has 102 valence electrons. The van der Waals surface area contributed by atoms with Gasteiger partial charge in [-0.3, -0.25) is 0 Å². The van der Waals surface area contributed by atoms with Gasteiger partial charge in [0.25, 0.3) is 0 Å². The molecule has 6 heteroatoms. The Morgan fingerprint density at radius 3 is 2.90 bits per heavy atom. The number of halogens is 2. The van der Waals surface area contributed by atoms with E-state index >= 15 is 0 Å². The van der Waals surface area contributed by atoms with Crippen LogP contribution in [0.15, 0.2) is 40.9 Å². The minimum Gasteiger partial charge on any atom is -0.497 e. The van der Waals surface area contributed by atoms with Crippen molar-refractivity contribution in [1.82, 2.24) is 4.98 Å². The van der Waals surface area contributed by atoms with Gasteiger partial charge in [-0.2, -0.15) is 0 Å². The average Bonchev–Trinajstić information content (AvgIpc) is 2.79. The first-order chi connectivity index (χ1) is 9.64. The molecule has 1 heterocycles. The van der Waals surface area contributed by atoms with E-state index < -0.39 is 0 Å². The van der Waals surface area contributed by atoms with Gasteiger partial charge in [0.2, 0.25) is 0 Å². The zero-order valence-electron chi connectivity index (χ0n) is 10.5. The van der Waals surface area contributed by atoms with E-state index in [2.05, 4.69) is 26.2 Å². The smallest absolute Gasteiger partial charge is 0.188 e. The number of rotatable bonds is 3. The van der Waals surface area contributed by atoms with Gasteiger partial charge < -0.3 is 10.1 Å². The van der Waals surface area contributed by atoms with E-state index in [1.54, 1.807) is 18.4 Å². The Hall–Kier alpha value is -1.30. The van der Waals surface area contributed by atoms with E-state index in [0.29, 0.717) is 5.02 Å². The molecule has 0 unspecified atom stereocenters. The molecule has 0 spiro atoms. The van der Waals surface area contributed by atoms with Crippen molar-refractivity contribution < 1.29 is 4.74 Å². The second-order valence-electron chi connectivity index (χ2n) is 4.14. The number of hydrogen-bond donors (Lipinski definition) is 1. The Kier molecular flexibility index (Phi) is 3.83. The van der Waals surface area contributed by atoms with E-state index in [4.69, 9.17) is 16.3 Å². The molecule has 0 saturated heterocycles. The molecule has 0 saturated carbocycles. The molecule has 0 radical (unpaired) electrons. The van der Waals surface area contributed by atoms with Gasteiger partial charge >= 0.3 is 0 Å². The van der Waals surface area contributed by atoms with Crippen LogP contribution in [0.5, 0.6) is 5.75 Å². The molecule has 2 aromatic carbocycles. The second-order valence-corrected chi connectivity index (χ2v) is 6.52. The Morgan fingerprint density at radius 1 is 1.25 bits per heavy atom. The van der Waals surface area contributed by atoms with Gasteiger partial charge in [0, 0.05) is 21.2 Å². The number of thiazole rings is 1. The summed E-state index contributed by atoms with van der Waals surface area (Å²) in [6.45, 7) is 0. The first-order valence-corrected chi connectivity index (χ1v) is 7.80. The molecule has 1 N–H and O–H groups in total. The van der Waals surface area contributed by atoms with Crippen LogP contribution in [0.2, 0.25) is 5.02 Å². The first-order valence-electron chi connectivity index (χ1n) is 5.82. The number of methoxy groups -OCH3 is 1. The predicted molar refractivity (Wildman–Crippen MR) is 88.6 cm³/mol. The summed E-state index contributed by atoms with van der Waals surface area (Å²) < 4.78 is 7.29. The summed E-state index contributed by atoms with van der Waals surface area (Å²) in [5.41, 5.74) is 1.81. The van der Waals surface area contributed by atoms with Crippen LogP contribution in [0.1, 0.15) is 0 Å². The van der Waals surface area contributed by atoms with Crippen molar-refractivity contribution in [3.8, 4) is 5.75 Å². The fraction of sp³-hybridized carbons (Fsp3) is 0.0714. The Balaban J connectivity index is 1.94. The standard InChI is InChI=1S/C14H10BrClN2OS/c1-19-11-5-8(15)4-10(7-11)17-14-18-12-6-9(16)2-3-13(12)20-14/h2-7H,1H3,(H,17,18). The normalized spacial score (nSPS) is 10.8. The molecule has 0 aliphatic rings. The van der Waals surface area contributed by atoms with E-state index in [9.17, 15) is 0 Å². The molecule has 3 aromatic rings. The highest BCUT2D eigenvalue weighted by molar-refractivity contribution is 9.10. The van der Waals surface area contributed by atoms with Gasteiger partial charge in [0.05, 0.1) is 17.3 Å². The molecule has 20 heavy (non-hydrogen) atoms. The third-order valence-corrected chi connectivity index (χ3v) is 4.35. The van der Waals surface area contributed by atoms with Crippen molar-refractivity contribution in [3.63, 3.8) is 0 Å². The van der Waals surface area contributed by atoms with Crippen LogP contribution in [0, 0.1) is 0 Å². The van der Waals surface area contributed by atoms with Crippen molar-refractivity contribution in [2.45, 2.75) is 0 Å². The van der Waals surface area contributed by atoms with Gasteiger partial charge in [-0.1, -0.05) is 38.9 Å². The SMILES string of the molecule is COc1cc(Br)cc(Nc2nc3cc(Cl)ccc3s2)c1. The third-order valence-electron chi connectivity index (χ3n) is 2.71. The lowest BCUT2D eigenvalue weighted by Gasteiger charge is -2.06. The van der Waals surface area contributed by atoms with Gasteiger partial charge in [-0.25, -0.2) is 4.98 Å².